The standard InChI is InChI=1S/C11H22N2OS/c1-2-11(14-6-1)3-4-12-8-10-9-15-7-5-13-10/h10-13H,1-9H2. The second-order valence-corrected chi connectivity index (χ2v) is 5.50. The molecule has 4 heteroatoms. The van der Waals surface area contributed by atoms with Gasteiger partial charge in [0.05, 0.1) is 6.10 Å². The number of hydrogen-bond acceptors (Lipinski definition) is 4. The van der Waals surface area contributed by atoms with Crippen molar-refractivity contribution in [2.75, 3.05) is 37.7 Å². The third-order valence-corrected chi connectivity index (χ3v) is 4.19. The van der Waals surface area contributed by atoms with Crippen LogP contribution in [0.1, 0.15) is 19.3 Å². The fraction of sp³-hybridized carbons (Fsp3) is 1.00. The predicted octanol–water partition coefficient (Wildman–Crippen LogP) is 0.850. The van der Waals surface area contributed by atoms with Gasteiger partial charge in [-0.3, -0.25) is 0 Å². The maximum atomic E-state index is 5.59. The van der Waals surface area contributed by atoms with Crippen molar-refractivity contribution in [2.24, 2.45) is 0 Å². The molecule has 2 aliphatic rings. The lowest BCUT2D eigenvalue weighted by molar-refractivity contribution is 0.104. The summed E-state index contributed by atoms with van der Waals surface area (Å²) in [6.45, 7) is 4.36. The average Bonchev–Trinajstić information content (AvgIpc) is 2.79. The first kappa shape index (κ1) is 11.7. The summed E-state index contributed by atoms with van der Waals surface area (Å²) in [7, 11) is 0. The van der Waals surface area contributed by atoms with E-state index in [1.807, 2.05) is 0 Å². The van der Waals surface area contributed by atoms with Crippen LogP contribution in [0.15, 0.2) is 0 Å². The van der Waals surface area contributed by atoms with Crippen LogP contribution in [-0.2, 0) is 4.74 Å². The van der Waals surface area contributed by atoms with Gasteiger partial charge >= 0.3 is 0 Å². The molecule has 2 unspecified atom stereocenters. The highest BCUT2D eigenvalue weighted by atomic mass is 32.2. The van der Waals surface area contributed by atoms with E-state index in [1.54, 1.807) is 0 Å². The Hall–Kier alpha value is 0.230. The van der Waals surface area contributed by atoms with Gasteiger partial charge < -0.3 is 15.4 Å². The van der Waals surface area contributed by atoms with Crippen molar-refractivity contribution < 1.29 is 4.74 Å². The number of rotatable bonds is 5. The zero-order chi connectivity index (χ0) is 10.3. The lowest BCUT2D eigenvalue weighted by Crippen LogP contribution is -2.44. The molecule has 88 valence electrons. The third-order valence-electron chi connectivity index (χ3n) is 3.06. The Bertz CT molecular complexity index is 168. The van der Waals surface area contributed by atoms with Crippen LogP contribution in [0.3, 0.4) is 0 Å². The van der Waals surface area contributed by atoms with E-state index in [-0.39, 0.29) is 0 Å². The lowest BCUT2D eigenvalue weighted by atomic mass is 10.2. The summed E-state index contributed by atoms with van der Waals surface area (Å²) in [4.78, 5) is 0. The van der Waals surface area contributed by atoms with Gasteiger partial charge in [0.2, 0.25) is 0 Å². The Kier molecular flexibility index (Phi) is 5.26. The van der Waals surface area contributed by atoms with Crippen LogP contribution in [0.5, 0.6) is 0 Å². The number of thioether (sulfide) groups is 1. The predicted molar refractivity (Wildman–Crippen MR) is 65.6 cm³/mol. The van der Waals surface area contributed by atoms with Crippen LogP contribution >= 0.6 is 11.8 Å². The van der Waals surface area contributed by atoms with E-state index < -0.39 is 0 Å². The Labute approximate surface area is 96.7 Å². The molecule has 2 saturated heterocycles. The van der Waals surface area contributed by atoms with Crippen molar-refractivity contribution >= 4 is 11.8 Å². The Morgan fingerprint density at radius 1 is 1.47 bits per heavy atom. The van der Waals surface area contributed by atoms with Crippen molar-refractivity contribution in [1.82, 2.24) is 10.6 Å². The van der Waals surface area contributed by atoms with Crippen molar-refractivity contribution in [3.05, 3.63) is 0 Å². The Morgan fingerprint density at radius 2 is 2.47 bits per heavy atom. The molecule has 2 heterocycles. The molecule has 0 aromatic rings. The molecule has 15 heavy (non-hydrogen) atoms. The summed E-state index contributed by atoms with van der Waals surface area (Å²) in [6.07, 6.45) is 4.23. The van der Waals surface area contributed by atoms with Gasteiger partial charge in [0.1, 0.15) is 0 Å². The summed E-state index contributed by atoms with van der Waals surface area (Å²) in [5.74, 6) is 2.53. The number of ether oxygens (including phenoxy) is 1. The summed E-state index contributed by atoms with van der Waals surface area (Å²) in [5.41, 5.74) is 0. The number of nitrogens with one attached hydrogen (secondary N) is 2. The van der Waals surface area contributed by atoms with Crippen LogP contribution in [0.25, 0.3) is 0 Å². The monoisotopic (exact) mass is 230 g/mol. The average molecular weight is 230 g/mol. The summed E-state index contributed by atoms with van der Waals surface area (Å²) in [6, 6.07) is 0.674. The van der Waals surface area contributed by atoms with E-state index in [0.717, 1.165) is 19.7 Å². The largest absolute Gasteiger partial charge is 0.378 e. The fourth-order valence-corrected chi connectivity index (χ4v) is 3.11. The molecule has 2 atom stereocenters. The first-order chi connectivity index (χ1) is 7.45. The molecule has 0 aliphatic carbocycles. The van der Waals surface area contributed by atoms with Crippen molar-refractivity contribution in [3.8, 4) is 0 Å². The van der Waals surface area contributed by atoms with Crippen LogP contribution < -0.4 is 10.6 Å². The zero-order valence-electron chi connectivity index (χ0n) is 9.34. The highest BCUT2D eigenvalue weighted by molar-refractivity contribution is 7.99. The van der Waals surface area contributed by atoms with Gasteiger partial charge in [-0.25, -0.2) is 0 Å². The third kappa shape index (κ3) is 4.31. The summed E-state index contributed by atoms with van der Waals surface area (Å²) < 4.78 is 5.59. The summed E-state index contributed by atoms with van der Waals surface area (Å²) in [5, 5.41) is 7.06. The van der Waals surface area contributed by atoms with E-state index >= 15 is 0 Å². The van der Waals surface area contributed by atoms with Crippen LogP contribution in [0.2, 0.25) is 0 Å². The molecule has 2 N–H and O–H groups in total. The first-order valence-corrected chi connectivity index (χ1v) is 7.24. The van der Waals surface area contributed by atoms with Crippen molar-refractivity contribution in [1.29, 1.82) is 0 Å². The molecule has 0 saturated carbocycles. The molecule has 2 fully saturated rings. The maximum absolute atomic E-state index is 5.59. The Morgan fingerprint density at radius 3 is 3.20 bits per heavy atom. The van der Waals surface area contributed by atoms with Crippen molar-refractivity contribution in [3.63, 3.8) is 0 Å². The van der Waals surface area contributed by atoms with Crippen molar-refractivity contribution in [2.45, 2.75) is 31.4 Å². The molecular weight excluding hydrogens is 208 g/mol. The first-order valence-electron chi connectivity index (χ1n) is 6.08. The normalized spacial score (nSPS) is 32.0. The molecule has 0 amide bonds. The quantitative estimate of drug-likeness (QED) is 0.686. The highest BCUT2D eigenvalue weighted by Crippen LogP contribution is 2.14. The van der Waals surface area contributed by atoms with E-state index in [2.05, 4.69) is 22.4 Å². The van der Waals surface area contributed by atoms with Gasteiger partial charge in [-0.05, 0) is 25.8 Å². The van der Waals surface area contributed by atoms with Crippen LogP contribution in [0.4, 0.5) is 0 Å². The Balaban J connectivity index is 1.47. The minimum absolute atomic E-state index is 0.534. The second-order valence-electron chi connectivity index (χ2n) is 4.35. The van der Waals surface area contributed by atoms with Gasteiger partial charge in [0.15, 0.2) is 0 Å². The molecule has 0 bridgehead atoms. The van der Waals surface area contributed by atoms with Gasteiger partial charge in [0.25, 0.3) is 0 Å². The smallest absolute Gasteiger partial charge is 0.0588 e. The molecule has 0 radical (unpaired) electrons. The number of hydrogen-bond donors (Lipinski definition) is 2. The van der Waals surface area contributed by atoms with Gasteiger partial charge in [0, 0.05) is 37.2 Å². The zero-order valence-corrected chi connectivity index (χ0v) is 10.2. The molecule has 2 rings (SSSR count). The summed E-state index contributed by atoms with van der Waals surface area (Å²) >= 11 is 2.06. The molecule has 2 aliphatic heterocycles. The molecule has 0 aromatic heterocycles. The highest BCUT2D eigenvalue weighted by Gasteiger charge is 2.15. The van der Waals surface area contributed by atoms with Crippen LogP contribution in [-0.4, -0.2) is 49.9 Å². The topological polar surface area (TPSA) is 33.3 Å². The minimum Gasteiger partial charge on any atom is -0.378 e. The van der Waals surface area contributed by atoms with E-state index in [1.165, 1.54) is 37.3 Å². The minimum atomic E-state index is 0.534. The molecule has 3 nitrogen and oxygen atoms in total. The second kappa shape index (κ2) is 6.74. The van der Waals surface area contributed by atoms with Crippen LogP contribution in [0, 0.1) is 0 Å². The SMILES string of the molecule is C1COC(CCNCC2CSCCN2)C1. The van der Waals surface area contributed by atoms with Gasteiger partial charge in [-0.2, -0.15) is 11.8 Å². The molecular formula is C11H22N2OS. The van der Waals surface area contributed by atoms with Gasteiger partial charge in [-0.1, -0.05) is 0 Å². The lowest BCUT2D eigenvalue weighted by Gasteiger charge is -2.23. The van der Waals surface area contributed by atoms with E-state index in [4.69, 9.17) is 4.74 Å². The maximum Gasteiger partial charge on any atom is 0.0588 e. The fourth-order valence-electron chi connectivity index (χ4n) is 2.16. The van der Waals surface area contributed by atoms with E-state index in [0.29, 0.717) is 12.1 Å². The molecule has 0 aromatic carbocycles. The van der Waals surface area contributed by atoms with E-state index in [9.17, 15) is 0 Å². The van der Waals surface area contributed by atoms with Gasteiger partial charge in [-0.15, -0.1) is 0 Å². The molecule has 0 spiro atoms.